The minimum absolute atomic E-state index is 0.121. The fourth-order valence-electron chi connectivity index (χ4n) is 2.87. The molecular formula is C22H30N2O. The minimum atomic E-state index is -0.121. The Morgan fingerprint density at radius 1 is 0.920 bits per heavy atom. The molecule has 0 spiro atoms. The first-order chi connectivity index (χ1) is 12.2. The van der Waals surface area contributed by atoms with Gasteiger partial charge in [0.05, 0.1) is 0 Å². The fourth-order valence-corrected chi connectivity index (χ4v) is 2.87. The van der Waals surface area contributed by atoms with E-state index in [9.17, 15) is 4.79 Å². The zero-order valence-electron chi connectivity index (χ0n) is 15.5. The summed E-state index contributed by atoms with van der Waals surface area (Å²) in [6.45, 7) is 4.95. The van der Waals surface area contributed by atoms with Gasteiger partial charge in [0, 0.05) is 12.2 Å². The molecule has 0 aliphatic carbocycles. The highest BCUT2D eigenvalue weighted by Crippen LogP contribution is 2.17. The van der Waals surface area contributed by atoms with Gasteiger partial charge in [0.1, 0.15) is 0 Å². The van der Waals surface area contributed by atoms with Crippen molar-refractivity contribution in [1.82, 2.24) is 5.32 Å². The van der Waals surface area contributed by atoms with Crippen LogP contribution in [0, 0.1) is 6.92 Å². The Hall–Kier alpha value is -2.29. The van der Waals surface area contributed by atoms with Crippen LogP contribution in [0.4, 0.5) is 10.5 Å². The smallest absolute Gasteiger partial charge is 0.319 e. The van der Waals surface area contributed by atoms with Crippen LogP contribution >= 0.6 is 0 Å². The van der Waals surface area contributed by atoms with Gasteiger partial charge in [-0.2, -0.15) is 0 Å². The molecular weight excluding hydrogens is 308 g/mol. The summed E-state index contributed by atoms with van der Waals surface area (Å²) in [6, 6.07) is 16.6. The Bertz CT molecular complexity index is 652. The molecule has 0 unspecified atom stereocenters. The molecule has 0 aromatic heterocycles. The van der Waals surface area contributed by atoms with Crippen LogP contribution in [-0.2, 0) is 12.8 Å². The van der Waals surface area contributed by atoms with Crippen LogP contribution in [0.2, 0.25) is 0 Å². The van der Waals surface area contributed by atoms with Crippen LogP contribution in [0.5, 0.6) is 0 Å². The Morgan fingerprint density at radius 3 is 2.40 bits per heavy atom. The number of carbonyl (C=O) groups is 1. The molecule has 0 aliphatic rings. The standard InChI is InChI=1S/C22H30N2O/c1-3-4-10-20-14-15-21(18(2)17-20)24-22(25)23-16-9-8-13-19-11-6-5-7-12-19/h5-7,11-12,14-15,17H,3-4,8-10,13,16H2,1-2H3,(H2,23,24,25). The van der Waals surface area contributed by atoms with Gasteiger partial charge < -0.3 is 10.6 Å². The molecule has 25 heavy (non-hydrogen) atoms. The first-order valence-electron chi connectivity index (χ1n) is 9.37. The molecule has 2 aromatic rings. The van der Waals surface area contributed by atoms with Crippen LogP contribution in [0.15, 0.2) is 48.5 Å². The first kappa shape index (κ1) is 19.0. The second-order valence-corrected chi connectivity index (χ2v) is 6.58. The van der Waals surface area contributed by atoms with Crippen LogP contribution < -0.4 is 10.6 Å². The predicted molar refractivity (Wildman–Crippen MR) is 106 cm³/mol. The molecule has 2 rings (SSSR count). The molecule has 134 valence electrons. The van der Waals surface area contributed by atoms with E-state index in [0.29, 0.717) is 6.54 Å². The van der Waals surface area contributed by atoms with Crippen molar-refractivity contribution >= 4 is 11.7 Å². The molecule has 3 heteroatoms. The number of rotatable bonds is 9. The second-order valence-electron chi connectivity index (χ2n) is 6.58. The molecule has 0 saturated carbocycles. The maximum atomic E-state index is 12.0. The van der Waals surface area contributed by atoms with Gasteiger partial charge in [-0.25, -0.2) is 4.79 Å². The van der Waals surface area contributed by atoms with E-state index in [1.165, 1.54) is 24.0 Å². The zero-order chi connectivity index (χ0) is 17.9. The average molecular weight is 338 g/mol. The molecule has 0 radical (unpaired) electrons. The highest BCUT2D eigenvalue weighted by molar-refractivity contribution is 5.90. The Morgan fingerprint density at radius 2 is 1.68 bits per heavy atom. The summed E-state index contributed by atoms with van der Waals surface area (Å²) < 4.78 is 0. The van der Waals surface area contributed by atoms with E-state index in [0.717, 1.165) is 36.9 Å². The van der Waals surface area contributed by atoms with Crippen molar-refractivity contribution in [3.05, 3.63) is 65.2 Å². The van der Waals surface area contributed by atoms with E-state index in [1.54, 1.807) is 0 Å². The average Bonchev–Trinajstić information content (AvgIpc) is 2.62. The van der Waals surface area contributed by atoms with Crippen LogP contribution in [0.25, 0.3) is 0 Å². The third kappa shape index (κ3) is 7.00. The number of aryl methyl sites for hydroxylation is 3. The number of amides is 2. The summed E-state index contributed by atoms with van der Waals surface area (Å²) in [5.41, 5.74) is 4.70. The summed E-state index contributed by atoms with van der Waals surface area (Å²) >= 11 is 0. The largest absolute Gasteiger partial charge is 0.338 e. The van der Waals surface area contributed by atoms with Gasteiger partial charge >= 0.3 is 6.03 Å². The molecule has 2 aromatic carbocycles. The van der Waals surface area contributed by atoms with E-state index in [2.05, 4.69) is 54.0 Å². The minimum Gasteiger partial charge on any atom is -0.338 e. The molecule has 2 amide bonds. The maximum Gasteiger partial charge on any atom is 0.319 e. The van der Waals surface area contributed by atoms with Crippen molar-refractivity contribution in [3.63, 3.8) is 0 Å². The van der Waals surface area contributed by atoms with E-state index in [-0.39, 0.29) is 6.03 Å². The van der Waals surface area contributed by atoms with Gasteiger partial charge in [-0.05, 0) is 61.8 Å². The van der Waals surface area contributed by atoms with E-state index < -0.39 is 0 Å². The molecule has 0 heterocycles. The van der Waals surface area contributed by atoms with Crippen LogP contribution in [0.1, 0.15) is 49.3 Å². The third-order valence-electron chi connectivity index (χ3n) is 4.38. The van der Waals surface area contributed by atoms with Gasteiger partial charge in [-0.3, -0.25) is 0 Å². The number of anilines is 1. The lowest BCUT2D eigenvalue weighted by molar-refractivity contribution is 0.252. The molecule has 0 fully saturated rings. The van der Waals surface area contributed by atoms with E-state index >= 15 is 0 Å². The van der Waals surface area contributed by atoms with Gasteiger partial charge in [0.25, 0.3) is 0 Å². The number of hydrogen-bond donors (Lipinski definition) is 2. The van der Waals surface area contributed by atoms with Crippen molar-refractivity contribution in [2.24, 2.45) is 0 Å². The molecule has 0 saturated heterocycles. The number of hydrogen-bond acceptors (Lipinski definition) is 1. The topological polar surface area (TPSA) is 41.1 Å². The fraction of sp³-hybridized carbons (Fsp3) is 0.409. The normalized spacial score (nSPS) is 10.5. The third-order valence-corrected chi connectivity index (χ3v) is 4.38. The maximum absolute atomic E-state index is 12.0. The molecule has 3 nitrogen and oxygen atoms in total. The Balaban J connectivity index is 1.67. The molecule has 0 bridgehead atoms. The van der Waals surface area contributed by atoms with E-state index in [1.807, 2.05) is 19.1 Å². The molecule has 0 atom stereocenters. The lowest BCUT2D eigenvalue weighted by Crippen LogP contribution is -2.29. The SMILES string of the molecule is CCCCc1ccc(NC(=O)NCCCCc2ccccc2)c(C)c1. The molecule has 0 aliphatic heterocycles. The lowest BCUT2D eigenvalue weighted by atomic mass is 10.0. The Labute approximate surface area is 151 Å². The van der Waals surface area contributed by atoms with Crippen molar-refractivity contribution in [2.45, 2.75) is 52.4 Å². The predicted octanol–water partition coefficient (Wildman–Crippen LogP) is 5.48. The van der Waals surface area contributed by atoms with Crippen molar-refractivity contribution in [2.75, 3.05) is 11.9 Å². The second kappa shape index (κ2) is 10.5. The highest BCUT2D eigenvalue weighted by Gasteiger charge is 2.05. The molecule has 2 N–H and O–H groups in total. The lowest BCUT2D eigenvalue weighted by Gasteiger charge is -2.11. The van der Waals surface area contributed by atoms with Crippen molar-refractivity contribution in [3.8, 4) is 0 Å². The summed E-state index contributed by atoms with van der Waals surface area (Å²) in [4.78, 5) is 12.0. The van der Waals surface area contributed by atoms with Crippen molar-refractivity contribution < 1.29 is 4.79 Å². The summed E-state index contributed by atoms with van der Waals surface area (Å²) in [5.74, 6) is 0. The highest BCUT2D eigenvalue weighted by atomic mass is 16.2. The number of carbonyl (C=O) groups excluding carboxylic acids is 1. The van der Waals surface area contributed by atoms with Gasteiger partial charge in [0.15, 0.2) is 0 Å². The number of nitrogens with one attached hydrogen (secondary N) is 2. The number of benzene rings is 2. The number of unbranched alkanes of at least 4 members (excludes halogenated alkanes) is 2. The van der Waals surface area contributed by atoms with E-state index in [4.69, 9.17) is 0 Å². The van der Waals surface area contributed by atoms with Crippen LogP contribution in [0.3, 0.4) is 0 Å². The summed E-state index contributed by atoms with van der Waals surface area (Å²) in [6.07, 6.45) is 6.63. The quantitative estimate of drug-likeness (QED) is 0.584. The Kier molecular flexibility index (Phi) is 8.03. The summed E-state index contributed by atoms with van der Waals surface area (Å²) in [5, 5.41) is 5.90. The van der Waals surface area contributed by atoms with Gasteiger partial charge in [-0.1, -0.05) is 55.8 Å². The first-order valence-corrected chi connectivity index (χ1v) is 9.37. The zero-order valence-corrected chi connectivity index (χ0v) is 15.5. The monoisotopic (exact) mass is 338 g/mol. The van der Waals surface area contributed by atoms with Gasteiger partial charge in [0.2, 0.25) is 0 Å². The van der Waals surface area contributed by atoms with Crippen LogP contribution in [-0.4, -0.2) is 12.6 Å². The van der Waals surface area contributed by atoms with Crippen molar-refractivity contribution in [1.29, 1.82) is 0 Å². The number of urea groups is 1. The van der Waals surface area contributed by atoms with Gasteiger partial charge in [-0.15, -0.1) is 0 Å². The summed E-state index contributed by atoms with van der Waals surface area (Å²) in [7, 11) is 0.